The minimum absolute atomic E-state index is 0.104. The number of hydrogen-bond acceptors (Lipinski definition) is 3. The average molecular weight is 285 g/mol. The summed E-state index contributed by atoms with van der Waals surface area (Å²) in [6, 6.07) is 16.2. The van der Waals surface area contributed by atoms with Crippen LogP contribution in [-0.2, 0) is 6.54 Å². The fourth-order valence-electron chi connectivity index (χ4n) is 2.18. The van der Waals surface area contributed by atoms with E-state index in [1.165, 1.54) is 4.90 Å². The van der Waals surface area contributed by atoms with Gasteiger partial charge in [0.1, 0.15) is 0 Å². The lowest BCUT2D eigenvalue weighted by Crippen LogP contribution is -2.21. The molecule has 5 heteroatoms. The van der Waals surface area contributed by atoms with E-state index in [9.17, 15) is 4.79 Å². The van der Waals surface area contributed by atoms with Gasteiger partial charge in [-0.15, -0.1) is 0 Å². The molecular weight excluding hydrogens is 270 g/mol. The van der Waals surface area contributed by atoms with E-state index in [-0.39, 0.29) is 5.69 Å². The Balaban J connectivity index is 1.97. The topological polar surface area (TPSA) is 63.8 Å². The van der Waals surface area contributed by atoms with Gasteiger partial charge in [0, 0.05) is 22.9 Å². The molecule has 0 aliphatic heterocycles. The molecule has 0 saturated carbocycles. The fourth-order valence-corrected chi connectivity index (χ4v) is 3.06. The predicted molar refractivity (Wildman–Crippen MR) is 82.2 cm³/mol. The quantitative estimate of drug-likeness (QED) is 0.774. The molecule has 1 aromatic heterocycles. The lowest BCUT2D eigenvalue weighted by atomic mass is 10.3. The first-order valence-corrected chi connectivity index (χ1v) is 7.25. The number of hydrogen-bond donors (Lipinski definition) is 2. The molecule has 0 atom stereocenters. The third-order valence-corrected chi connectivity index (χ3v) is 4.07. The molecule has 0 saturated heterocycles. The third kappa shape index (κ3) is 2.50. The van der Waals surface area contributed by atoms with Gasteiger partial charge in [-0.3, -0.25) is 4.57 Å². The van der Waals surface area contributed by atoms with E-state index < -0.39 is 0 Å². The van der Waals surface area contributed by atoms with Crippen molar-refractivity contribution in [2.75, 3.05) is 6.54 Å². The zero-order valence-electron chi connectivity index (χ0n) is 10.9. The molecule has 4 nitrogen and oxygen atoms in total. The van der Waals surface area contributed by atoms with E-state index in [4.69, 9.17) is 5.73 Å². The van der Waals surface area contributed by atoms with Gasteiger partial charge in [-0.25, -0.2) is 4.79 Å². The van der Waals surface area contributed by atoms with Crippen molar-refractivity contribution < 1.29 is 0 Å². The number of nitrogens with two attached hydrogens (primary N) is 1. The maximum atomic E-state index is 11.8. The third-order valence-electron chi connectivity index (χ3n) is 3.08. The largest absolute Gasteiger partial charge is 0.329 e. The molecular formula is C15H15N3OS. The number of fused-ring (bicyclic) bond motifs is 1. The maximum absolute atomic E-state index is 11.8. The summed E-state index contributed by atoms with van der Waals surface area (Å²) in [5.41, 5.74) is 7.18. The van der Waals surface area contributed by atoms with Crippen molar-refractivity contribution in [3.8, 4) is 0 Å². The first-order valence-electron chi connectivity index (χ1n) is 6.43. The number of benzene rings is 2. The van der Waals surface area contributed by atoms with Crippen molar-refractivity contribution >= 4 is 22.8 Å². The summed E-state index contributed by atoms with van der Waals surface area (Å²) in [6.07, 6.45) is 0. The summed E-state index contributed by atoms with van der Waals surface area (Å²) in [5, 5.41) is 0. The van der Waals surface area contributed by atoms with Gasteiger partial charge >= 0.3 is 5.69 Å². The van der Waals surface area contributed by atoms with E-state index in [1.807, 2.05) is 36.4 Å². The molecule has 102 valence electrons. The van der Waals surface area contributed by atoms with Crippen LogP contribution in [0.2, 0.25) is 0 Å². The Morgan fingerprint density at radius 1 is 1.10 bits per heavy atom. The SMILES string of the molecule is NCCn1c(=O)[nH]c2cc(Sc3ccccc3)ccc21. The van der Waals surface area contributed by atoms with Crippen LogP contribution in [0.3, 0.4) is 0 Å². The summed E-state index contributed by atoms with van der Waals surface area (Å²) in [7, 11) is 0. The first-order chi connectivity index (χ1) is 9.78. The van der Waals surface area contributed by atoms with Crippen LogP contribution < -0.4 is 11.4 Å². The molecule has 0 fully saturated rings. The normalized spacial score (nSPS) is 11.1. The second kappa shape index (κ2) is 5.56. The van der Waals surface area contributed by atoms with Crippen LogP contribution in [0.25, 0.3) is 11.0 Å². The minimum Gasteiger partial charge on any atom is -0.329 e. The number of aromatic nitrogens is 2. The molecule has 0 aliphatic rings. The molecule has 0 unspecified atom stereocenters. The lowest BCUT2D eigenvalue weighted by molar-refractivity contribution is 0.703. The van der Waals surface area contributed by atoms with Gasteiger partial charge < -0.3 is 10.7 Å². The second-order valence-corrected chi connectivity index (χ2v) is 5.61. The van der Waals surface area contributed by atoms with Crippen molar-refractivity contribution in [2.24, 2.45) is 5.73 Å². The smallest absolute Gasteiger partial charge is 0.326 e. The van der Waals surface area contributed by atoms with Crippen LogP contribution in [-0.4, -0.2) is 16.1 Å². The number of aromatic amines is 1. The number of rotatable bonds is 4. The molecule has 20 heavy (non-hydrogen) atoms. The highest BCUT2D eigenvalue weighted by Crippen LogP contribution is 2.29. The summed E-state index contributed by atoms with van der Waals surface area (Å²) in [5.74, 6) is 0. The Kier molecular flexibility index (Phi) is 3.62. The summed E-state index contributed by atoms with van der Waals surface area (Å²) in [4.78, 5) is 17.0. The minimum atomic E-state index is -0.104. The number of nitrogens with zero attached hydrogens (tertiary/aromatic N) is 1. The molecule has 1 heterocycles. The van der Waals surface area contributed by atoms with Crippen molar-refractivity contribution in [3.63, 3.8) is 0 Å². The van der Waals surface area contributed by atoms with E-state index >= 15 is 0 Å². The molecule has 3 N–H and O–H groups in total. The summed E-state index contributed by atoms with van der Waals surface area (Å²) >= 11 is 1.67. The Labute approximate surface area is 120 Å². The van der Waals surface area contributed by atoms with Crippen LogP contribution in [0.1, 0.15) is 0 Å². The fraction of sp³-hybridized carbons (Fsp3) is 0.133. The average Bonchev–Trinajstić information content (AvgIpc) is 2.76. The second-order valence-electron chi connectivity index (χ2n) is 4.46. The van der Waals surface area contributed by atoms with Crippen LogP contribution in [0.5, 0.6) is 0 Å². The van der Waals surface area contributed by atoms with Crippen molar-refractivity contribution in [2.45, 2.75) is 16.3 Å². The number of H-pyrrole nitrogens is 1. The highest BCUT2D eigenvalue weighted by molar-refractivity contribution is 7.99. The standard InChI is InChI=1S/C15H15N3OS/c16-8-9-18-14-7-6-12(10-13(14)17-15(18)19)20-11-4-2-1-3-5-11/h1-7,10H,8-9,16H2,(H,17,19). The molecule has 0 aliphatic carbocycles. The molecule has 3 aromatic rings. The molecule has 2 aromatic carbocycles. The van der Waals surface area contributed by atoms with E-state index in [1.54, 1.807) is 16.3 Å². The highest BCUT2D eigenvalue weighted by Gasteiger charge is 2.07. The molecule has 0 spiro atoms. The number of imidazole rings is 1. The van der Waals surface area contributed by atoms with Crippen molar-refractivity contribution in [1.29, 1.82) is 0 Å². The first kappa shape index (κ1) is 13.0. The Bertz CT molecular complexity index is 777. The Hall–Kier alpha value is -1.98. The highest BCUT2D eigenvalue weighted by atomic mass is 32.2. The molecule has 3 rings (SSSR count). The van der Waals surface area contributed by atoms with E-state index in [0.717, 1.165) is 15.9 Å². The van der Waals surface area contributed by atoms with Gasteiger partial charge in [0.25, 0.3) is 0 Å². The summed E-state index contributed by atoms with van der Waals surface area (Å²) < 4.78 is 1.67. The van der Waals surface area contributed by atoms with Gasteiger partial charge in [0.05, 0.1) is 11.0 Å². The number of nitrogens with one attached hydrogen (secondary N) is 1. The molecule has 0 radical (unpaired) electrons. The Morgan fingerprint density at radius 3 is 2.65 bits per heavy atom. The van der Waals surface area contributed by atoms with Gasteiger partial charge in [-0.2, -0.15) is 0 Å². The van der Waals surface area contributed by atoms with Gasteiger partial charge in [0.15, 0.2) is 0 Å². The summed E-state index contributed by atoms with van der Waals surface area (Å²) in [6.45, 7) is 0.984. The van der Waals surface area contributed by atoms with E-state index in [0.29, 0.717) is 13.1 Å². The molecule has 0 bridgehead atoms. The van der Waals surface area contributed by atoms with Crippen LogP contribution in [0, 0.1) is 0 Å². The molecule has 0 amide bonds. The monoisotopic (exact) mass is 285 g/mol. The van der Waals surface area contributed by atoms with E-state index in [2.05, 4.69) is 17.1 Å². The zero-order chi connectivity index (χ0) is 13.9. The van der Waals surface area contributed by atoms with Gasteiger partial charge in [-0.05, 0) is 30.3 Å². The predicted octanol–water partition coefficient (Wildman–Crippen LogP) is 2.44. The van der Waals surface area contributed by atoms with Crippen LogP contribution in [0.4, 0.5) is 0 Å². The lowest BCUT2D eigenvalue weighted by Gasteiger charge is -2.03. The van der Waals surface area contributed by atoms with Crippen LogP contribution in [0.15, 0.2) is 63.1 Å². The van der Waals surface area contributed by atoms with Gasteiger partial charge in [0.2, 0.25) is 0 Å². The zero-order valence-corrected chi connectivity index (χ0v) is 11.7. The maximum Gasteiger partial charge on any atom is 0.326 e. The Morgan fingerprint density at radius 2 is 1.90 bits per heavy atom. The van der Waals surface area contributed by atoms with Crippen LogP contribution >= 0.6 is 11.8 Å². The van der Waals surface area contributed by atoms with Crippen molar-refractivity contribution in [3.05, 3.63) is 59.0 Å². The van der Waals surface area contributed by atoms with Crippen molar-refractivity contribution in [1.82, 2.24) is 9.55 Å². The van der Waals surface area contributed by atoms with Gasteiger partial charge in [-0.1, -0.05) is 30.0 Å².